The van der Waals surface area contributed by atoms with E-state index in [-0.39, 0.29) is 12.5 Å². The third-order valence-electron chi connectivity index (χ3n) is 3.30. The zero-order chi connectivity index (χ0) is 15.4. The van der Waals surface area contributed by atoms with Crippen LogP contribution in [0.3, 0.4) is 0 Å². The molecule has 21 heavy (non-hydrogen) atoms. The van der Waals surface area contributed by atoms with E-state index in [0.717, 1.165) is 22.0 Å². The van der Waals surface area contributed by atoms with Gasteiger partial charge in [-0.05, 0) is 51.3 Å². The molecule has 0 fully saturated rings. The van der Waals surface area contributed by atoms with E-state index in [9.17, 15) is 4.79 Å². The van der Waals surface area contributed by atoms with Crippen LogP contribution in [0.25, 0.3) is 11.4 Å². The van der Waals surface area contributed by atoms with Crippen LogP contribution in [-0.2, 0) is 4.79 Å². The summed E-state index contributed by atoms with van der Waals surface area (Å²) in [5.74, 6) is -0.261. The molecule has 6 nitrogen and oxygen atoms in total. The zero-order valence-corrected chi connectivity index (χ0v) is 13.5. The Bertz CT molecular complexity index is 642. The molecule has 0 spiro atoms. The first-order valence-electron chi connectivity index (χ1n) is 6.79. The lowest BCUT2D eigenvalue weighted by molar-refractivity contribution is -0.138. The van der Waals surface area contributed by atoms with Gasteiger partial charge in [-0.2, -0.15) is 0 Å². The number of aliphatic carboxylic acids is 1. The average Bonchev–Trinajstić information content (AvgIpc) is 2.90. The highest BCUT2D eigenvalue weighted by atomic mass is 79.9. The molecular formula is C14H17BrN4O2. The van der Waals surface area contributed by atoms with E-state index < -0.39 is 5.97 Å². The topological polar surface area (TPSA) is 80.9 Å². The van der Waals surface area contributed by atoms with Crippen molar-refractivity contribution in [3.63, 3.8) is 0 Å². The second-order valence-corrected chi connectivity index (χ2v) is 5.72. The maximum absolute atomic E-state index is 11.1. The summed E-state index contributed by atoms with van der Waals surface area (Å²) in [6.07, 6.45) is 1.59. The van der Waals surface area contributed by atoms with Crippen LogP contribution in [-0.4, -0.2) is 31.3 Å². The summed E-state index contributed by atoms with van der Waals surface area (Å²) in [6, 6.07) is 5.59. The van der Waals surface area contributed by atoms with Crippen LogP contribution in [0.1, 0.15) is 37.8 Å². The van der Waals surface area contributed by atoms with Crippen LogP contribution in [0.4, 0.5) is 0 Å². The van der Waals surface area contributed by atoms with Crippen molar-refractivity contribution in [1.29, 1.82) is 0 Å². The average molecular weight is 353 g/mol. The molecule has 0 radical (unpaired) electrons. The van der Waals surface area contributed by atoms with Crippen LogP contribution in [0.15, 0.2) is 22.7 Å². The summed E-state index contributed by atoms with van der Waals surface area (Å²) in [5.41, 5.74) is 1.94. The molecule has 1 aromatic carbocycles. The second-order valence-electron chi connectivity index (χ2n) is 4.92. The van der Waals surface area contributed by atoms with Crippen molar-refractivity contribution < 1.29 is 9.90 Å². The van der Waals surface area contributed by atoms with Crippen molar-refractivity contribution in [2.75, 3.05) is 0 Å². The van der Waals surface area contributed by atoms with Crippen molar-refractivity contribution in [1.82, 2.24) is 20.2 Å². The standard InChI is InChI=1S/C14H17BrN4O2/c1-3-5-10(8-12(20)21)19-14(16-17-18-19)11-7-4-6-9(2)13(11)15/h4,6-7,10H,3,5,8H2,1-2H3,(H,20,21). The highest BCUT2D eigenvalue weighted by molar-refractivity contribution is 9.10. The first-order chi connectivity index (χ1) is 10.0. The Kier molecular flexibility index (Phi) is 5.06. The Balaban J connectivity index is 2.45. The van der Waals surface area contributed by atoms with Gasteiger partial charge in [0, 0.05) is 10.0 Å². The van der Waals surface area contributed by atoms with E-state index >= 15 is 0 Å². The van der Waals surface area contributed by atoms with Gasteiger partial charge in [0.15, 0.2) is 5.82 Å². The van der Waals surface area contributed by atoms with Crippen molar-refractivity contribution in [2.24, 2.45) is 0 Å². The summed E-state index contributed by atoms with van der Waals surface area (Å²) in [7, 11) is 0. The van der Waals surface area contributed by atoms with Crippen LogP contribution in [0.5, 0.6) is 0 Å². The molecule has 0 aliphatic rings. The first-order valence-corrected chi connectivity index (χ1v) is 7.59. The van der Waals surface area contributed by atoms with Gasteiger partial charge in [-0.1, -0.05) is 25.5 Å². The Hall–Kier alpha value is -1.76. The van der Waals surface area contributed by atoms with Gasteiger partial charge >= 0.3 is 5.97 Å². The summed E-state index contributed by atoms with van der Waals surface area (Å²) in [5, 5.41) is 20.9. The maximum atomic E-state index is 11.1. The third kappa shape index (κ3) is 3.47. The highest BCUT2D eigenvalue weighted by Gasteiger charge is 2.22. The normalized spacial score (nSPS) is 12.3. The fourth-order valence-electron chi connectivity index (χ4n) is 2.28. The minimum absolute atomic E-state index is 0.00924. The molecule has 2 aromatic rings. The first kappa shape index (κ1) is 15.6. The summed E-state index contributed by atoms with van der Waals surface area (Å²) >= 11 is 3.55. The van der Waals surface area contributed by atoms with E-state index in [2.05, 4.69) is 31.5 Å². The van der Waals surface area contributed by atoms with Crippen molar-refractivity contribution >= 4 is 21.9 Å². The Morgan fingerprint density at radius 1 is 1.48 bits per heavy atom. The molecular weight excluding hydrogens is 336 g/mol. The number of hydrogen-bond acceptors (Lipinski definition) is 4. The molecule has 1 heterocycles. The number of halogens is 1. The minimum atomic E-state index is -0.849. The fraction of sp³-hybridized carbons (Fsp3) is 0.429. The number of tetrazole rings is 1. The van der Waals surface area contributed by atoms with Gasteiger partial charge in [0.1, 0.15) is 0 Å². The number of rotatable bonds is 6. The third-order valence-corrected chi connectivity index (χ3v) is 4.36. The molecule has 1 atom stereocenters. The van der Waals surface area contributed by atoms with Crippen molar-refractivity contribution in [3.05, 3.63) is 28.2 Å². The lowest BCUT2D eigenvalue weighted by Crippen LogP contribution is -2.16. The van der Waals surface area contributed by atoms with Crippen LogP contribution in [0, 0.1) is 6.92 Å². The van der Waals surface area contributed by atoms with Crippen LogP contribution in [0.2, 0.25) is 0 Å². The summed E-state index contributed by atoms with van der Waals surface area (Å²) in [6.45, 7) is 4.00. The SMILES string of the molecule is CCCC(CC(=O)O)n1nnnc1-c1cccc(C)c1Br. The molecule has 1 N–H and O–H groups in total. The van der Waals surface area contributed by atoms with Gasteiger partial charge in [0.25, 0.3) is 0 Å². The molecule has 2 rings (SSSR count). The second kappa shape index (κ2) is 6.80. The minimum Gasteiger partial charge on any atom is -0.481 e. The Morgan fingerprint density at radius 3 is 2.90 bits per heavy atom. The number of benzene rings is 1. The van der Waals surface area contributed by atoms with Crippen molar-refractivity contribution in [2.45, 2.75) is 39.2 Å². The van der Waals surface area contributed by atoms with Crippen molar-refractivity contribution in [3.8, 4) is 11.4 Å². The summed E-state index contributed by atoms with van der Waals surface area (Å²) in [4.78, 5) is 11.1. The Labute approximate surface area is 131 Å². The lowest BCUT2D eigenvalue weighted by atomic mass is 10.1. The lowest BCUT2D eigenvalue weighted by Gasteiger charge is -2.16. The smallest absolute Gasteiger partial charge is 0.305 e. The number of carboxylic acids is 1. The molecule has 0 amide bonds. The molecule has 112 valence electrons. The number of nitrogens with zero attached hydrogens (tertiary/aromatic N) is 4. The van der Waals surface area contributed by atoms with Gasteiger partial charge in [-0.25, -0.2) is 4.68 Å². The molecule has 0 bridgehead atoms. The predicted molar refractivity (Wildman–Crippen MR) is 81.9 cm³/mol. The van der Waals surface area contributed by atoms with E-state index in [1.54, 1.807) is 4.68 Å². The van der Waals surface area contributed by atoms with E-state index in [0.29, 0.717) is 12.2 Å². The number of carboxylic acid groups (broad SMARTS) is 1. The quantitative estimate of drug-likeness (QED) is 0.862. The fourth-order valence-corrected chi connectivity index (χ4v) is 2.72. The zero-order valence-electron chi connectivity index (χ0n) is 12.0. The number of aromatic nitrogens is 4. The molecule has 0 aliphatic carbocycles. The molecule has 1 unspecified atom stereocenters. The van der Waals surface area contributed by atoms with Gasteiger partial charge in [0.2, 0.25) is 0 Å². The molecule has 0 saturated heterocycles. The molecule has 0 saturated carbocycles. The molecule has 0 aliphatic heterocycles. The predicted octanol–water partition coefficient (Wildman–Crippen LogP) is 3.23. The number of carbonyl (C=O) groups is 1. The molecule has 7 heteroatoms. The largest absolute Gasteiger partial charge is 0.481 e. The van der Waals surface area contributed by atoms with Gasteiger partial charge in [0.05, 0.1) is 12.5 Å². The van der Waals surface area contributed by atoms with Crippen LogP contribution >= 0.6 is 15.9 Å². The monoisotopic (exact) mass is 352 g/mol. The van der Waals surface area contributed by atoms with Gasteiger partial charge in [-0.15, -0.1) is 5.10 Å². The van der Waals surface area contributed by atoms with E-state index in [4.69, 9.17) is 5.11 Å². The van der Waals surface area contributed by atoms with Gasteiger partial charge < -0.3 is 5.11 Å². The van der Waals surface area contributed by atoms with E-state index in [1.165, 1.54) is 0 Å². The van der Waals surface area contributed by atoms with Crippen LogP contribution < -0.4 is 0 Å². The highest BCUT2D eigenvalue weighted by Crippen LogP contribution is 2.31. The van der Waals surface area contributed by atoms with E-state index in [1.807, 2.05) is 32.0 Å². The maximum Gasteiger partial charge on any atom is 0.305 e. The Morgan fingerprint density at radius 2 is 2.24 bits per heavy atom. The summed E-state index contributed by atoms with van der Waals surface area (Å²) < 4.78 is 2.54. The molecule has 1 aromatic heterocycles. The van der Waals surface area contributed by atoms with Gasteiger partial charge in [-0.3, -0.25) is 4.79 Å². The number of hydrogen-bond donors (Lipinski definition) is 1. The number of aryl methyl sites for hydroxylation is 1.